The van der Waals surface area contributed by atoms with Crippen molar-refractivity contribution in [2.75, 3.05) is 0 Å². The molecule has 62 valence electrons. The molecule has 2 nitrogen and oxygen atoms in total. The molecule has 2 rings (SSSR count). The largest absolute Gasteiger partial charge is 0.361 e. The second-order valence-corrected chi connectivity index (χ2v) is 2.75. The monoisotopic (exact) mass is 168 g/mol. The number of nitrogens with one attached hydrogen (secondary N) is 1. The summed E-state index contributed by atoms with van der Waals surface area (Å²) in [5, 5.41) is 9.57. The highest BCUT2D eigenvalue weighted by Gasteiger charge is 1.96. The number of rotatable bonds is 1. The third-order valence-electron chi connectivity index (χ3n) is 1.96. The molecule has 0 aliphatic heterocycles. The molecule has 0 amide bonds. The molecule has 2 aromatic rings. The number of benzene rings is 1. The molecule has 0 atom stereocenters. The quantitative estimate of drug-likeness (QED) is 0.653. The number of H-pyrrole nitrogens is 1. The van der Waals surface area contributed by atoms with Crippen LogP contribution in [0.15, 0.2) is 36.5 Å². The van der Waals surface area contributed by atoms with Crippen LogP contribution >= 0.6 is 0 Å². The fourth-order valence-electron chi connectivity index (χ4n) is 1.38. The summed E-state index contributed by atoms with van der Waals surface area (Å²) in [6.45, 7) is 0. The Balaban J connectivity index is 2.62. The van der Waals surface area contributed by atoms with Gasteiger partial charge in [-0.25, -0.2) is 0 Å². The first kappa shape index (κ1) is 7.63. The van der Waals surface area contributed by atoms with E-state index in [0.29, 0.717) is 0 Å². The van der Waals surface area contributed by atoms with Crippen LogP contribution < -0.4 is 0 Å². The Morgan fingerprint density at radius 3 is 3.08 bits per heavy atom. The highest BCUT2D eigenvalue weighted by molar-refractivity contribution is 5.87. The molecular formula is C11H8N2. The maximum Gasteiger partial charge on any atom is 0.0912 e. The third-order valence-corrected chi connectivity index (χ3v) is 1.96. The lowest BCUT2D eigenvalue weighted by Gasteiger charge is -1.94. The van der Waals surface area contributed by atoms with Gasteiger partial charge in [-0.15, -0.1) is 0 Å². The number of para-hydroxylation sites is 1. The number of hydrogen-bond acceptors (Lipinski definition) is 1. The van der Waals surface area contributed by atoms with Crippen molar-refractivity contribution in [1.29, 1.82) is 5.26 Å². The zero-order valence-electron chi connectivity index (χ0n) is 6.99. The molecule has 0 radical (unpaired) electrons. The standard InChI is InChI=1S/C11H8N2/c12-7-2-5-9-3-1-4-10-6-8-13-11(9)10/h1-6,8,13H. The van der Waals surface area contributed by atoms with Crippen molar-refractivity contribution in [3.8, 4) is 6.07 Å². The van der Waals surface area contributed by atoms with Crippen molar-refractivity contribution in [2.45, 2.75) is 0 Å². The Bertz CT molecular complexity index is 486. The van der Waals surface area contributed by atoms with Crippen molar-refractivity contribution < 1.29 is 0 Å². The Morgan fingerprint density at radius 2 is 2.23 bits per heavy atom. The summed E-state index contributed by atoms with van der Waals surface area (Å²) in [6.07, 6.45) is 5.18. The van der Waals surface area contributed by atoms with E-state index in [2.05, 4.69) is 4.98 Å². The van der Waals surface area contributed by atoms with Gasteiger partial charge in [0, 0.05) is 12.3 Å². The first-order valence-electron chi connectivity index (χ1n) is 4.04. The van der Waals surface area contributed by atoms with Crippen molar-refractivity contribution >= 4 is 17.0 Å². The van der Waals surface area contributed by atoms with Crippen LogP contribution in [0.25, 0.3) is 17.0 Å². The summed E-state index contributed by atoms with van der Waals surface area (Å²) in [7, 11) is 0. The van der Waals surface area contributed by atoms with E-state index in [1.54, 1.807) is 6.08 Å². The van der Waals surface area contributed by atoms with E-state index in [1.807, 2.05) is 36.5 Å². The highest BCUT2D eigenvalue weighted by Crippen LogP contribution is 2.17. The smallest absolute Gasteiger partial charge is 0.0912 e. The molecule has 0 fully saturated rings. The molecule has 0 aliphatic rings. The normalized spacial score (nSPS) is 10.7. The summed E-state index contributed by atoms with van der Waals surface area (Å²) in [5.74, 6) is 0. The summed E-state index contributed by atoms with van der Waals surface area (Å²) in [4.78, 5) is 3.14. The molecule has 0 spiro atoms. The van der Waals surface area contributed by atoms with Gasteiger partial charge in [0.2, 0.25) is 0 Å². The second-order valence-electron chi connectivity index (χ2n) is 2.75. The van der Waals surface area contributed by atoms with E-state index in [4.69, 9.17) is 5.26 Å². The van der Waals surface area contributed by atoms with E-state index >= 15 is 0 Å². The molecule has 0 bridgehead atoms. The van der Waals surface area contributed by atoms with Crippen molar-refractivity contribution in [1.82, 2.24) is 4.98 Å². The molecule has 13 heavy (non-hydrogen) atoms. The predicted molar refractivity (Wildman–Crippen MR) is 52.9 cm³/mol. The number of allylic oxidation sites excluding steroid dienone is 1. The van der Waals surface area contributed by atoms with Crippen molar-refractivity contribution in [3.63, 3.8) is 0 Å². The number of hydrogen-bond donors (Lipinski definition) is 1. The fourth-order valence-corrected chi connectivity index (χ4v) is 1.38. The van der Waals surface area contributed by atoms with Gasteiger partial charge >= 0.3 is 0 Å². The van der Waals surface area contributed by atoms with E-state index in [0.717, 1.165) is 11.1 Å². The Hall–Kier alpha value is -2.01. The van der Waals surface area contributed by atoms with Crippen LogP contribution in [0.5, 0.6) is 0 Å². The first-order valence-corrected chi connectivity index (χ1v) is 4.04. The minimum Gasteiger partial charge on any atom is -0.361 e. The number of fused-ring (bicyclic) bond motifs is 1. The minimum absolute atomic E-state index is 1.05. The molecule has 1 heterocycles. The topological polar surface area (TPSA) is 39.6 Å². The molecule has 0 saturated heterocycles. The van der Waals surface area contributed by atoms with E-state index < -0.39 is 0 Å². The van der Waals surface area contributed by atoms with Crippen LogP contribution in [0.3, 0.4) is 0 Å². The van der Waals surface area contributed by atoms with Gasteiger partial charge in [0.25, 0.3) is 0 Å². The molecule has 0 unspecified atom stereocenters. The van der Waals surface area contributed by atoms with E-state index in [9.17, 15) is 0 Å². The number of nitrogens with zero attached hydrogens (tertiary/aromatic N) is 1. The van der Waals surface area contributed by atoms with Gasteiger partial charge in [0.05, 0.1) is 11.6 Å². The lowest BCUT2D eigenvalue weighted by Crippen LogP contribution is -1.74. The summed E-state index contributed by atoms with van der Waals surface area (Å²) < 4.78 is 0. The minimum atomic E-state index is 1.05. The number of nitriles is 1. The average molecular weight is 168 g/mol. The molecule has 0 saturated carbocycles. The maximum absolute atomic E-state index is 8.40. The molecular weight excluding hydrogens is 160 g/mol. The molecule has 1 aromatic heterocycles. The van der Waals surface area contributed by atoms with Gasteiger partial charge in [0.15, 0.2) is 0 Å². The molecule has 2 heteroatoms. The molecule has 1 aromatic carbocycles. The lowest BCUT2D eigenvalue weighted by molar-refractivity contribution is 1.47. The fraction of sp³-hybridized carbons (Fsp3) is 0. The predicted octanol–water partition coefficient (Wildman–Crippen LogP) is 2.70. The maximum atomic E-state index is 8.40. The SMILES string of the molecule is N#CC=Cc1cccc2cc[nH]c12. The van der Waals surface area contributed by atoms with Gasteiger partial charge in [0.1, 0.15) is 0 Å². The van der Waals surface area contributed by atoms with E-state index in [-0.39, 0.29) is 0 Å². The van der Waals surface area contributed by atoms with Crippen LogP contribution in [-0.2, 0) is 0 Å². The number of aromatic amines is 1. The Kier molecular flexibility index (Phi) is 1.85. The average Bonchev–Trinajstić information content (AvgIpc) is 2.62. The second kappa shape index (κ2) is 3.16. The zero-order chi connectivity index (χ0) is 9.10. The lowest BCUT2D eigenvalue weighted by atomic mass is 10.1. The van der Waals surface area contributed by atoms with Crippen molar-refractivity contribution in [2.24, 2.45) is 0 Å². The summed E-state index contributed by atoms with van der Waals surface area (Å²) >= 11 is 0. The Morgan fingerprint density at radius 1 is 1.31 bits per heavy atom. The molecule has 0 aliphatic carbocycles. The van der Waals surface area contributed by atoms with Gasteiger partial charge in [-0.3, -0.25) is 0 Å². The summed E-state index contributed by atoms with van der Waals surface area (Å²) in [6, 6.07) is 9.99. The van der Waals surface area contributed by atoms with Crippen LogP contribution in [0.2, 0.25) is 0 Å². The van der Waals surface area contributed by atoms with E-state index in [1.165, 1.54) is 11.5 Å². The van der Waals surface area contributed by atoms with Crippen LogP contribution in [0.1, 0.15) is 5.56 Å². The molecule has 1 N–H and O–H groups in total. The van der Waals surface area contributed by atoms with Gasteiger partial charge in [-0.1, -0.05) is 18.2 Å². The van der Waals surface area contributed by atoms with Gasteiger partial charge in [-0.2, -0.15) is 5.26 Å². The van der Waals surface area contributed by atoms with Crippen LogP contribution in [-0.4, -0.2) is 4.98 Å². The Labute approximate surface area is 76.1 Å². The third kappa shape index (κ3) is 1.32. The zero-order valence-corrected chi connectivity index (χ0v) is 6.99. The van der Waals surface area contributed by atoms with Crippen LogP contribution in [0, 0.1) is 11.3 Å². The summed E-state index contributed by atoms with van der Waals surface area (Å²) in [5.41, 5.74) is 2.12. The van der Waals surface area contributed by atoms with Gasteiger partial charge in [-0.05, 0) is 23.1 Å². The number of aromatic nitrogens is 1. The van der Waals surface area contributed by atoms with Crippen molar-refractivity contribution in [3.05, 3.63) is 42.1 Å². The van der Waals surface area contributed by atoms with Crippen LogP contribution in [0.4, 0.5) is 0 Å². The highest BCUT2D eigenvalue weighted by atomic mass is 14.7. The van der Waals surface area contributed by atoms with Gasteiger partial charge < -0.3 is 4.98 Å². The first-order chi connectivity index (χ1) is 6.42.